The Kier molecular flexibility index (Phi) is 29.2. The van der Waals surface area contributed by atoms with Crippen molar-refractivity contribution < 1.29 is 38.3 Å². The minimum atomic E-state index is -0.483. The Morgan fingerprint density at radius 1 is 0.543 bits per heavy atom. The summed E-state index contributed by atoms with van der Waals surface area (Å²) >= 11 is 0. The Balaban J connectivity index is 1.07. The van der Waals surface area contributed by atoms with Crippen molar-refractivity contribution in [2.24, 2.45) is 10.8 Å². The lowest BCUT2D eigenvalue weighted by atomic mass is 9.83. The van der Waals surface area contributed by atoms with E-state index in [1.165, 1.54) is 116 Å². The first-order chi connectivity index (χ1) is 33.7. The fourth-order valence-corrected chi connectivity index (χ4v) is 10.2. The van der Waals surface area contributed by atoms with Gasteiger partial charge in [0.2, 0.25) is 0 Å². The van der Waals surface area contributed by atoms with Crippen LogP contribution in [0.2, 0.25) is 0 Å². The van der Waals surface area contributed by atoms with E-state index >= 15 is 0 Å². The van der Waals surface area contributed by atoms with Crippen molar-refractivity contribution >= 4 is 5.97 Å². The van der Waals surface area contributed by atoms with Crippen molar-refractivity contribution in [3.63, 3.8) is 0 Å². The van der Waals surface area contributed by atoms with E-state index in [2.05, 4.69) is 67.5 Å². The molecular formula is C62H104O8. The quantitative estimate of drug-likeness (QED) is 0.0533. The highest BCUT2D eigenvalue weighted by Crippen LogP contribution is 2.37. The van der Waals surface area contributed by atoms with Gasteiger partial charge in [-0.3, -0.25) is 0 Å². The molecule has 0 aromatic heterocycles. The minimum Gasteiger partial charge on any atom is -0.494 e. The van der Waals surface area contributed by atoms with Crippen LogP contribution < -0.4 is 4.74 Å². The SMILES string of the molecule is CCCCCCCCCCCCCCCC1OC(CC(O)CC2CC(C(C)(C)C)OC(CCCCCCCCCCOc3ccc(-c4ccc(C(=O)OCCCC)cc4)cc3)O2)CC(CC(C)(C)C)O1. The summed E-state index contributed by atoms with van der Waals surface area (Å²) in [6.07, 6.45) is 34.0. The molecule has 400 valence electrons. The smallest absolute Gasteiger partial charge is 0.338 e. The minimum absolute atomic E-state index is 0.00174. The Labute approximate surface area is 428 Å². The zero-order chi connectivity index (χ0) is 50.5. The van der Waals surface area contributed by atoms with Gasteiger partial charge in [-0.25, -0.2) is 4.79 Å². The Hall–Kier alpha value is -2.49. The second-order valence-corrected chi connectivity index (χ2v) is 23.6. The first kappa shape index (κ1) is 60.1. The molecule has 2 aromatic carbocycles. The number of hydrogen-bond acceptors (Lipinski definition) is 8. The molecule has 8 nitrogen and oxygen atoms in total. The number of benzene rings is 2. The lowest BCUT2D eigenvalue weighted by Crippen LogP contribution is -2.45. The van der Waals surface area contributed by atoms with Crippen molar-refractivity contribution in [1.82, 2.24) is 0 Å². The molecule has 8 heteroatoms. The van der Waals surface area contributed by atoms with E-state index in [-0.39, 0.29) is 53.8 Å². The maximum absolute atomic E-state index is 12.2. The predicted octanol–water partition coefficient (Wildman–Crippen LogP) is 17.3. The molecular weight excluding hydrogens is 873 g/mol. The zero-order valence-corrected chi connectivity index (χ0v) is 46.1. The van der Waals surface area contributed by atoms with Gasteiger partial charge >= 0.3 is 5.97 Å². The van der Waals surface area contributed by atoms with Gasteiger partial charge in [-0.05, 0) is 104 Å². The number of ether oxygens (including phenoxy) is 6. The van der Waals surface area contributed by atoms with Crippen molar-refractivity contribution in [3.8, 4) is 16.9 Å². The fraction of sp³-hybridized carbons (Fsp3) is 0.790. The molecule has 0 aliphatic carbocycles. The van der Waals surface area contributed by atoms with Crippen molar-refractivity contribution in [2.45, 2.75) is 291 Å². The summed E-state index contributed by atoms with van der Waals surface area (Å²) < 4.78 is 37.7. The van der Waals surface area contributed by atoms with E-state index in [9.17, 15) is 9.90 Å². The van der Waals surface area contributed by atoms with E-state index in [0.29, 0.717) is 25.0 Å². The molecule has 2 fully saturated rings. The largest absolute Gasteiger partial charge is 0.494 e. The van der Waals surface area contributed by atoms with Gasteiger partial charge in [0.25, 0.3) is 0 Å². The van der Waals surface area contributed by atoms with Crippen LogP contribution >= 0.6 is 0 Å². The second-order valence-electron chi connectivity index (χ2n) is 23.6. The molecule has 4 rings (SSSR count). The predicted molar refractivity (Wildman–Crippen MR) is 289 cm³/mol. The highest BCUT2D eigenvalue weighted by atomic mass is 16.7. The summed E-state index contributed by atoms with van der Waals surface area (Å²) in [5.41, 5.74) is 2.92. The van der Waals surface area contributed by atoms with Gasteiger partial charge in [0.15, 0.2) is 12.6 Å². The lowest BCUT2D eigenvalue weighted by molar-refractivity contribution is -0.270. The third-order valence-corrected chi connectivity index (χ3v) is 14.4. The molecule has 1 N–H and O–H groups in total. The Bertz CT molecular complexity index is 1610. The lowest BCUT2D eigenvalue weighted by Gasteiger charge is -2.42. The van der Waals surface area contributed by atoms with Crippen LogP contribution in [0.15, 0.2) is 48.5 Å². The number of esters is 1. The third kappa shape index (κ3) is 25.9. The van der Waals surface area contributed by atoms with E-state index in [1.54, 1.807) is 0 Å². The van der Waals surface area contributed by atoms with Gasteiger partial charge in [-0.2, -0.15) is 0 Å². The number of carbonyl (C=O) groups is 1. The summed E-state index contributed by atoms with van der Waals surface area (Å²) in [5, 5.41) is 11.6. The standard InChI is InChI=1S/C62H104O8/c1-9-11-13-14-15-16-17-18-19-20-23-26-29-32-58-67-54(46-56(69-58)48-61(3,4)5)44-52(63)45-55-47-57(62(6,7)8)70-59(68-55)33-30-27-24-21-22-25-28-31-43-65-53-40-38-50(39-41-53)49-34-36-51(37-35-49)60(64)66-42-12-10-2/h34-41,52,54-59,63H,9-33,42-48H2,1-8H3. The first-order valence-electron chi connectivity index (χ1n) is 29.0. The number of aliphatic hydroxyl groups is 1. The summed E-state index contributed by atoms with van der Waals surface area (Å²) in [7, 11) is 0. The summed E-state index contributed by atoms with van der Waals surface area (Å²) in [6, 6.07) is 15.8. The molecule has 2 aliphatic rings. The topological polar surface area (TPSA) is 92.7 Å². The Morgan fingerprint density at radius 3 is 1.49 bits per heavy atom. The van der Waals surface area contributed by atoms with Crippen molar-refractivity contribution in [1.29, 1.82) is 0 Å². The molecule has 2 heterocycles. The van der Waals surface area contributed by atoms with Crippen LogP contribution in [0.5, 0.6) is 5.75 Å². The highest BCUT2D eigenvalue weighted by Gasteiger charge is 2.39. The zero-order valence-electron chi connectivity index (χ0n) is 46.1. The molecule has 70 heavy (non-hydrogen) atoms. The average molecular weight is 978 g/mol. The Morgan fingerprint density at radius 2 is 0.986 bits per heavy atom. The summed E-state index contributed by atoms with van der Waals surface area (Å²) in [4.78, 5) is 12.2. The molecule has 0 spiro atoms. The number of carbonyl (C=O) groups excluding carboxylic acids is 1. The van der Waals surface area contributed by atoms with E-state index < -0.39 is 6.10 Å². The molecule has 2 saturated heterocycles. The molecule has 0 saturated carbocycles. The molecule has 7 unspecified atom stereocenters. The number of hydrogen-bond donors (Lipinski definition) is 1. The van der Waals surface area contributed by atoms with Crippen LogP contribution in [0, 0.1) is 10.8 Å². The van der Waals surface area contributed by atoms with Gasteiger partial charge in [-0.15, -0.1) is 0 Å². The molecule has 0 bridgehead atoms. The van der Waals surface area contributed by atoms with E-state index in [1.807, 2.05) is 36.4 Å². The van der Waals surface area contributed by atoms with Crippen LogP contribution in [0.25, 0.3) is 11.1 Å². The number of unbranched alkanes of at least 4 members (excludes halogenated alkanes) is 20. The normalized spacial score (nSPS) is 21.4. The maximum atomic E-state index is 12.2. The molecule has 0 amide bonds. The van der Waals surface area contributed by atoms with Crippen LogP contribution in [0.3, 0.4) is 0 Å². The van der Waals surface area contributed by atoms with E-state index in [0.717, 1.165) is 87.7 Å². The van der Waals surface area contributed by atoms with Crippen LogP contribution in [0.1, 0.15) is 258 Å². The van der Waals surface area contributed by atoms with Crippen LogP contribution in [-0.4, -0.2) is 67.4 Å². The van der Waals surface area contributed by atoms with Crippen molar-refractivity contribution in [3.05, 3.63) is 54.1 Å². The number of rotatable bonds is 36. The second kappa shape index (κ2) is 34.1. The van der Waals surface area contributed by atoms with Crippen molar-refractivity contribution in [2.75, 3.05) is 13.2 Å². The van der Waals surface area contributed by atoms with Gasteiger partial charge in [-0.1, -0.05) is 202 Å². The van der Waals surface area contributed by atoms with Gasteiger partial charge in [0.05, 0.1) is 49.3 Å². The third-order valence-electron chi connectivity index (χ3n) is 14.4. The van der Waals surface area contributed by atoms with Gasteiger partial charge < -0.3 is 33.5 Å². The van der Waals surface area contributed by atoms with Gasteiger partial charge in [0, 0.05) is 12.8 Å². The first-order valence-corrected chi connectivity index (χ1v) is 29.0. The van der Waals surface area contributed by atoms with Crippen LogP contribution in [0.4, 0.5) is 0 Å². The summed E-state index contributed by atoms with van der Waals surface area (Å²) in [5.74, 6) is 0.627. The maximum Gasteiger partial charge on any atom is 0.338 e. The summed E-state index contributed by atoms with van der Waals surface area (Å²) in [6.45, 7) is 19.2. The molecule has 2 aromatic rings. The molecule has 2 aliphatic heterocycles. The molecule has 0 radical (unpaired) electrons. The van der Waals surface area contributed by atoms with E-state index in [4.69, 9.17) is 28.4 Å². The van der Waals surface area contributed by atoms with Gasteiger partial charge in [0.1, 0.15) is 5.75 Å². The highest BCUT2D eigenvalue weighted by molar-refractivity contribution is 5.90. The monoisotopic (exact) mass is 977 g/mol. The average Bonchev–Trinajstić information content (AvgIpc) is 3.31. The fourth-order valence-electron chi connectivity index (χ4n) is 10.2. The number of aliphatic hydroxyl groups excluding tert-OH is 1. The van der Waals surface area contributed by atoms with Crippen LogP contribution in [-0.2, 0) is 23.7 Å². The molecule has 7 atom stereocenters.